The molecule has 2 heterocycles. The van der Waals surface area contributed by atoms with Crippen LogP contribution in [0.4, 0.5) is 10.6 Å². The van der Waals surface area contributed by atoms with E-state index >= 15 is 0 Å². The second kappa shape index (κ2) is 10.1. The maximum absolute atomic E-state index is 12.2. The van der Waals surface area contributed by atoms with Crippen LogP contribution in [0.15, 0.2) is 36.9 Å². The number of methoxy groups -OCH3 is 1. The summed E-state index contributed by atoms with van der Waals surface area (Å²) < 4.78 is 19.7. The number of ether oxygens (including phenoxy) is 3. The number of hydrogen-bond acceptors (Lipinski definition) is 7. The van der Waals surface area contributed by atoms with Gasteiger partial charge in [0.2, 0.25) is 0 Å². The monoisotopic (exact) mass is 533 g/mol. The highest BCUT2D eigenvalue weighted by atomic mass is 16.6. The SMILES string of the molecule is COc1ccn(-c2c(OC3CCC(NC(=O)OC(C)(C)C)CC3)ccc3c2CC(C)(C)c2c(N)ncnc2-3)c1. The first-order valence-corrected chi connectivity index (χ1v) is 13.6. The third kappa shape index (κ3) is 5.53. The molecule has 2 aliphatic rings. The lowest BCUT2D eigenvalue weighted by Crippen LogP contribution is -2.42. The molecule has 9 heteroatoms. The van der Waals surface area contributed by atoms with Crippen molar-refractivity contribution in [1.29, 1.82) is 0 Å². The molecule has 1 saturated carbocycles. The largest absolute Gasteiger partial charge is 0.495 e. The van der Waals surface area contributed by atoms with E-state index in [0.717, 1.165) is 71.7 Å². The van der Waals surface area contributed by atoms with Crippen molar-refractivity contribution in [1.82, 2.24) is 19.9 Å². The van der Waals surface area contributed by atoms with E-state index in [1.807, 2.05) is 45.3 Å². The van der Waals surface area contributed by atoms with Crippen LogP contribution in [0.2, 0.25) is 0 Å². The minimum atomic E-state index is -0.513. The zero-order valence-electron chi connectivity index (χ0n) is 23.7. The fourth-order valence-electron chi connectivity index (χ4n) is 5.81. The first kappa shape index (κ1) is 26.8. The summed E-state index contributed by atoms with van der Waals surface area (Å²) in [6, 6.07) is 6.15. The van der Waals surface area contributed by atoms with Gasteiger partial charge in [-0.25, -0.2) is 14.8 Å². The number of fused-ring (bicyclic) bond motifs is 3. The number of nitrogens with zero attached hydrogens (tertiary/aromatic N) is 3. The molecule has 2 aliphatic carbocycles. The average molecular weight is 534 g/mol. The Balaban J connectivity index is 1.44. The maximum Gasteiger partial charge on any atom is 0.407 e. The molecule has 0 bridgehead atoms. The highest BCUT2D eigenvalue weighted by Gasteiger charge is 2.37. The molecular formula is C30H39N5O4. The Morgan fingerprint density at radius 3 is 2.54 bits per heavy atom. The highest BCUT2D eigenvalue weighted by molar-refractivity contribution is 5.80. The minimum absolute atomic E-state index is 0.0396. The van der Waals surface area contributed by atoms with Crippen molar-refractivity contribution in [3.8, 4) is 28.4 Å². The molecule has 0 unspecified atom stereocenters. The molecule has 0 spiro atoms. The molecule has 3 aromatic rings. The lowest BCUT2D eigenvalue weighted by atomic mass is 9.71. The number of aromatic nitrogens is 3. The molecule has 208 valence electrons. The molecule has 0 radical (unpaired) electrons. The van der Waals surface area contributed by atoms with Gasteiger partial charge in [-0.15, -0.1) is 0 Å². The molecule has 2 aromatic heterocycles. The third-order valence-electron chi connectivity index (χ3n) is 7.52. The number of carbonyl (C=O) groups excluding carboxylic acids is 1. The molecule has 0 atom stereocenters. The Kier molecular flexibility index (Phi) is 6.95. The summed E-state index contributed by atoms with van der Waals surface area (Å²) in [5, 5.41) is 3.01. The lowest BCUT2D eigenvalue weighted by Gasteiger charge is -2.36. The zero-order valence-corrected chi connectivity index (χ0v) is 23.7. The van der Waals surface area contributed by atoms with Gasteiger partial charge in [-0.1, -0.05) is 13.8 Å². The molecule has 1 aromatic carbocycles. The van der Waals surface area contributed by atoms with Crippen molar-refractivity contribution in [3.63, 3.8) is 0 Å². The van der Waals surface area contributed by atoms with Gasteiger partial charge in [-0.3, -0.25) is 0 Å². The molecule has 1 fully saturated rings. The van der Waals surface area contributed by atoms with Crippen molar-refractivity contribution >= 4 is 11.9 Å². The Bertz CT molecular complexity index is 1370. The summed E-state index contributed by atoms with van der Waals surface area (Å²) >= 11 is 0. The van der Waals surface area contributed by atoms with Gasteiger partial charge in [0, 0.05) is 23.4 Å². The predicted octanol–water partition coefficient (Wildman–Crippen LogP) is 5.57. The quantitative estimate of drug-likeness (QED) is 0.440. The molecule has 3 N–H and O–H groups in total. The van der Waals surface area contributed by atoms with Crippen LogP contribution in [0.5, 0.6) is 11.5 Å². The van der Waals surface area contributed by atoms with Crippen LogP contribution >= 0.6 is 0 Å². The van der Waals surface area contributed by atoms with E-state index in [0.29, 0.717) is 5.82 Å². The number of anilines is 1. The van der Waals surface area contributed by atoms with Crippen LogP contribution in [-0.4, -0.2) is 45.5 Å². The Morgan fingerprint density at radius 1 is 1.13 bits per heavy atom. The number of amides is 1. The zero-order chi connectivity index (χ0) is 27.9. The molecule has 39 heavy (non-hydrogen) atoms. The first-order chi connectivity index (χ1) is 18.4. The van der Waals surface area contributed by atoms with Gasteiger partial charge < -0.3 is 29.8 Å². The van der Waals surface area contributed by atoms with E-state index < -0.39 is 5.60 Å². The van der Waals surface area contributed by atoms with E-state index in [4.69, 9.17) is 19.9 Å². The number of hydrogen-bond donors (Lipinski definition) is 2. The lowest BCUT2D eigenvalue weighted by molar-refractivity contribution is 0.0471. The van der Waals surface area contributed by atoms with E-state index in [2.05, 4.69) is 39.8 Å². The van der Waals surface area contributed by atoms with Gasteiger partial charge >= 0.3 is 6.09 Å². The second-order valence-electron chi connectivity index (χ2n) is 12.2. The average Bonchev–Trinajstić information content (AvgIpc) is 3.32. The minimum Gasteiger partial charge on any atom is -0.495 e. The molecule has 0 saturated heterocycles. The summed E-state index contributed by atoms with van der Waals surface area (Å²) in [7, 11) is 1.67. The number of carbonyl (C=O) groups is 1. The fourth-order valence-corrected chi connectivity index (χ4v) is 5.81. The maximum atomic E-state index is 12.2. The predicted molar refractivity (Wildman–Crippen MR) is 151 cm³/mol. The van der Waals surface area contributed by atoms with E-state index in [-0.39, 0.29) is 23.7 Å². The highest BCUT2D eigenvalue weighted by Crippen LogP contribution is 2.48. The summed E-state index contributed by atoms with van der Waals surface area (Å²) in [6.07, 6.45) is 9.28. The fraction of sp³-hybridized carbons (Fsp3) is 0.500. The number of benzene rings is 1. The molecule has 1 amide bonds. The number of rotatable bonds is 5. The third-order valence-corrected chi connectivity index (χ3v) is 7.52. The van der Waals surface area contributed by atoms with Crippen molar-refractivity contribution in [3.05, 3.63) is 48.0 Å². The summed E-state index contributed by atoms with van der Waals surface area (Å²) in [6.45, 7) is 9.97. The Morgan fingerprint density at radius 2 is 1.87 bits per heavy atom. The van der Waals surface area contributed by atoms with Gasteiger partial charge in [0.25, 0.3) is 0 Å². The Labute approximate surface area is 230 Å². The number of nitrogens with one attached hydrogen (secondary N) is 1. The smallest absolute Gasteiger partial charge is 0.407 e. The van der Waals surface area contributed by atoms with Gasteiger partial charge in [0.15, 0.2) is 0 Å². The van der Waals surface area contributed by atoms with Crippen LogP contribution in [0, 0.1) is 0 Å². The normalized spacial score (nSPS) is 19.9. The van der Waals surface area contributed by atoms with Gasteiger partial charge in [-0.2, -0.15) is 0 Å². The van der Waals surface area contributed by atoms with Gasteiger partial charge in [0.1, 0.15) is 29.2 Å². The summed E-state index contributed by atoms with van der Waals surface area (Å²) in [5.41, 5.74) is 10.6. The van der Waals surface area contributed by atoms with Crippen LogP contribution in [0.1, 0.15) is 71.4 Å². The number of nitrogens with two attached hydrogens (primary N) is 1. The van der Waals surface area contributed by atoms with Crippen LogP contribution in [0.3, 0.4) is 0 Å². The van der Waals surface area contributed by atoms with E-state index in [1.165, 1.54) is 6.33 Å². The second-order valence-corrected chi connectivity index (χ2v) is 12.2. The van der Waals surface area contributed by atoms with Crippen LogP contribution < -0.4 is 20.5 Å². The van der Waals surface area contributed by atoms with Crippen molar-refractivity contribution in [2.45, 2.75) is 89.9 Å². The van der Waals surface area contributed by atoms with Crippen molar-refractivity contribution in [2.24, 2.45) is 0 Å². The Hall–Kier alpha value is -3.75. The van der Waals surface area contributed by atoms with Crippen molar-refractivity contribution in [2.75, 3.05) is 12.8 Å². The molecule has 0 aliphatic heterocycles. The number of alkyl carbamates (subject to hydrolysis) is 1. The standard InChI is InChI=1S/C30H39N5O4/c1-29(2,3)39-28(36)34-18-7-9-19(10-8-18)38-23-12-11-21-22(26(23)35-14-13-20(16-35)37-6)15-30(4,5)24-25(21)32-17-33-27(24)31/h11-14,16-19H,7-10,15H2,1-6H3,(H,34,36)(H2,31,32,33). The van der Waals surface area contributed by atoms with E-state index in [1.54, 1.807) is 7.11 Å². The summed E-state index contributed by atoms with van der Waals surface area (Å²) in [5.74, 6) is 2.11. The number of nitrogen functional groups attached to an aromatic ring is 1. The topological polar surface area (TPSA) is 114 Å². The van der Waals surface area contributed by atoms with Gasteiger partial charge in [-0.05, 0) is 82.1 Å². The van der Waals surface area contributed by atoms with Crippen molar-refractivity contribution < 1.29 is 19.0 Å². The first-order valence-electron chi connectivity index (χ1n) is 13.6. The molecule has 9 nitrogen and oxygen atoms in total. The van der Waals surface area contributed by atoms with Crippen LogP contribution in [-0.2, 0) is 16.6 Å². The van der Waals surface area contributed by atoms with Crippen LogP contribution in [0.25, 0.3) is 16.9 Å². The van der Waals surface area contributed by atoms with Gasteiger partial charge in [0.05, 0.1) is 30.8 Å². The van der Waals surface area contributed by atoms with E-state index in [9.17, 15) is 4.79 Å². The molecular weight excluding hydrogens is 494 g/mol. The summed E-state index contributed by atoms with van der Waals surface area (Å²) in [4.78, 5) is 21.2. The molecule has 5 rings (SSSR count).